The summed E-state index contributed by atoms with van der Waals surface area (Å²) in [4.78, 5) is 15.2. The quantitative estimate of drug-likeness (QED) is 0.903. The maximum Gasteiger partial charge on any atom is 0.373 e. The summed E-state index contributed by atoms with van der Waals surface area (Å²) in [7, 11) is 0. The van der Waals surface area contributed by atoms with Crippen molar-refractivity contribution in [3.8, 4) is 0 Å². The van der Waals surface area contributed by atoms with Crippen LogP contribution >= 0.6 is 0 Å². The third-order valence-electron chi connectivity index (χ3n) is 3.58. The Kier molecular flexibility index (Phi) is 2.43. The number of carbonyl (C=O) groups is 1. The van der Waals surface area contributed by atoms with Gasteiger partial charge >= 0.3 is 5.97 Å². The van der Waals surface area contributed by atoms with Crippen LogP contribution in [0.4, 0.5) is 8.78 Å². The minimum atomic E-state index is -2.68. The number of aromatic nitrogens is 1. The zero-order valence-electron chi connectivity index (χ0n) is 9.66. The molecule has 0 radical (unpaired) electrons. The molecule has 4 nitrogen and oxygen atoms in total. The lowest BCUT2D eigenvalue weighted by Gasteiger charge is -2.06. The highest BCUT2D eigenvalue weighted by molar-refractivity contribution is 5.86. The Morgan fingerprint density at radius 3 is 2.56 bits per heavy atom. The van der Waals surface area contributed by atoms with Crippen LogP contribution in [-0.4, -0.2) is 22.0 Å². The normalized spacial score (nSPS) is 26.4. The fourth-order valence-corrected chi connectivity index (χ4v) is 2.47. The summed E-state index contributed by atoms with van der Waals surface area (Å²) in [5.41, 5.74) is 0.438. The van der Waals surface area contributed by atoms with E-state index in [9.17, 15) is 13.6 Å². The number of alkyl halides is 2. The molecule has 0 spiro atoms. The van der Waals surface area contributed by atoms with Crippen LogP contribution in [0.5, 0.6) is 0 Å². The summed E-state index contributed by atoms with van der Waals surface area (Å²) < 4.78 is 31.5. The van der Waals surface area contributed by atoms with Crippen molar-refractivity contribution in [1.82, 2.24) is 4.98 Å². The zero-order chi connectivity index (χ0) is 12.9. The standard InChI is InChI=1S/C12H13F2NO3/c13-12(14)4-3-7(5-12)10-15-8(6-1-2-6)9(18-10)11(16)17/h6-7H,1-5H2,(H,16,17). The van der Waals surface area contributed by atoms with Crippen molar-refractivity contribution in [2.45, 2.75) is 49.9 Å². The van der Waals surface area contributed by atoms with E-state index in [1.54, 1.807) is 0 Å². The number of halogens is 2. The number of nitrogens with zero attached hydrogens (tertiary/aromatic N) is 1. The lowest BCUT2D eigenvalue weighted by atomic mass is 10.1. The summed E-state index contributed by atoms with van der Waals surface area (Å²) in [6.45, 7) is 0. The predicted molar refractivity (Wildman–Crippen MR) is 57.0 cm³/mol. The van der Waals surface area contributed by atoms with Gasteiger partial charge in [-0.2, -0.15) is 0 Å². The van der Waals surface area contributed by atoms with Crippen molar-refractivity contribution in [1.29, 1.82) is 0 Å². The van der Waals surface area contributed by atoms with Gasteiger partial charge in [-0.05, 0) is 19.3 Å². The molecule has 0 saturated heterocycles. The van der Waals surface area contributed by atoms with Gasteiger partial charge in [0.25, 0.3) is 0 Å². The molecule has 0 aromatic carbocycles. The lowest BCUT2D eigenvalue weighted by Crippen LogP contribution is -2.09. The first kappa shape index (κ1) is 11.6. The second-order valence-corrected chi connectivity index (χ2v) is 5.14. The molecule has 6 heteroatoms. The van der Waals surface area contributed by atoms with Crippen molar-refractivity contribution in [2.75, 3.05) is 0 Å². The van der Waals surface area contributed by atoms with Gasteiger partial charge in [-0.25, -0.2) is 18.6 Å². The third-order valence-corrected chi connectivity index (χ3v) is 3.58. The second-order valence-electron chi connectivity index (χ2n) is 5.14. The number of hydrogen-bond acceptors (Lipinski definition) is 3. The summed E-state index contributed by atoms with van der Waals surface area (Å²) in [5, 5.41) is 9.02. The number of oxazole rings is 1. The minimum absolute atomic E-state index is 0.135. The SMILES string of the molecule is O=C(O)c1oc(C2CCC(F)(F)C2)nc1C1CC1. The van der Waals surface area contributed by atoms with Crippen LogP contribution in [0.3, 0.4) is 0 Å². The smallest absolute Gasteiger partial charge is 0.373 e. The Balaban J connectivity index is 1.89. The summed E-state index contributed by atoms with van der Waals surface area (Å²) >= 11 is 0. The molecule has 0 aliphatic heterocycles. The number of carboxylic acid groups (broad SMARTS) is 1. The minimum Gasteiger partial charge on any atom is -0.475 e. The van der Waals surface area contributed by atoms with Crippen LogP contribution in [0.2, 0.25) is 0 Å². The van der Waals surface area contributed by atoms with Crippen LogP contribution in [-0.2, 0) is 0 Å². The third kappa shape index (κ3) is 2.00. The molecule has 2 aliphatic carbocycles. The van der Waals surface area contributed by atoms with E-state index in [-0.39, 0.29) is 30.4 Å². The van der Waals surface area contributed by atoms with Gasteiger partial charge in [-0.3, -0.25) is 0 Å². The molecule has 1 heterocycles. The molecule has 18 heavy (non-hydrogen) atoms. The molecule has 3 rings (SSSR count). The highest BCUT2D eigenvalue weighted by Crippen LogP contribution is 2.46. The Hall–Kier alpha value is -1.46. The average Bonchev–Trinajstić information content (AvgIpc) is 2.92. The van der Waals surface area contributed by atoms with Crippen LogP contribution in [0.15, 0.2) is 4.42 Å². The summed E-state index contributed by atoms with van der Waals surface area (Å²) in [5.74, 6) is -4.15. The molecule has 98 valence electrons. The predicted octanol–water partition coefficient (Wildman–Crippen LogP) is 3.15. The molecular formula is C12H13F2NO3. The van der Waals surface area contributed by atoms with E-state index < -0.39 is 17.8 Å². The van der Waals surface area contributed by atoms with Gasteiger partial charge in [-0.1, -0.05) is 0 Å². The van der Waals surface area contributed by atoms with E-state index in [4.69, 9.17) is 9.52 Å². The molecule has 1 unspecified atom stereocenters. The first-order chi connectivity index (χ1) is 8.46. The molecule has 1 aromatic rings. The second kappa shape index (κ2) is 3.76. The molecule has 2 fully saturated rings. The number of hydrogen-bond donors (Lipinski definition) is 1. The molecule has 2 aliphatic rings. The Labute approximate surface area is 102 Å². The van der Waals surface area contributed by atoms with E-state index in [1.807, 2.05) is 0 Å². The van der Waals surface area contributed by atoms with Gasteiger partial charge in [0.1, 0.15) is 0 Å². The first-order valence-corrected chi connectivity index (χ1v) is 6.08. The van der Waals surface area contributed by atoms with Gasteiger partial charge < -0.3 is 9.52 Å². The van der Waals surface area contributed by atoms with E-state index in [0.717, 1.165) is 12.8 Å². The van der Waals surface area contributed by atoms with Crippen molar-refractivity contribution in [3.63, 3.8) is 0 Å². The Morgan fingerprint density at radius 1 is 1.33 bits per heavy atom. The fraction of sp³-hybridized carbons (Fsp3) is 0.667. The van der Waals surface area contributed by atoms with Crippen molar-refractivity contribution in [3.05, 3.63) is 17.3 Å². The monoisotopic (exact) mass is 257 g/mol. The van der Waals surface area contributed by atoms with Crippen molar-refractivity contribution >= 4 is 5.97 Å². The van der Waals surface area contributed by atoms with Gasteiger partial charge in [0, 0.05) is 24.7 Å². The van der Waals surface area contributed by atoms with Gasteiger partial charge in [0.15, 0.2) is 5.89 Å². The van der Waals surface area contributed by atoms with E-state index in [1.165, 1.54) is 0 Å². The molecular weight excluding hydrogens is 244 g/mol. The van der Waals surface area contributed by atoms with Crippen molar-refractivity contribution < 1.29 is 23.1 Å². The van der Waals surface area contributed by atoms with E-state index in [0.29, 0.717) is 12.1 Å². The molecule has 1 atom stereocenters. The van der Waals surface area contributed by atoms with Gasteiger partial charge in [-0.15, -0.1) is 0 Å². The number of aromatic carboxylic acids is 1. The van der Waals surface area contributed by atoms with Gasteiger partial charge in [0.05, 0.1) is 5.69 Å². The fourth-order valence-electron chi connectivity index (χ4n) is 2.47. The number of rotatable bonds is 3. The van der Waals surface area contributed by atoms with Crippen molar-refractivity contribution in [2.24, 2.45) is 0 Å². The van der Waals surface area contributed by atoms with Crippen LogP contribution in [0.25, 0.3) is 0 Å². The first-order valence-electron chi connectivity index (χ1n) is 6.08. The molecule has 0 bridgehead atoms. The maximum atomic E-state index is 13.1. The van der Waals surface area contributed by atoms with Crippen LogP contribution < -0.4 is 0 Å². The largest absolute Gasteiger partial charge is 0.475 e. The average molecular weight is 257 g/mol. The van der Waals surface area contributed by atoms with Crippen LogP contribution in [0.1, 0.15) is 66.1 Å². The maximum absolute atomic E-state index is 13.1. The molecule has 1 aromatic heterocycles. The molecule has 1 N–H and O–H groups in total. The Morgan fingerprint density at radius 2 is 2.06 bits per heavy atom. The van der Waals surface area contributed by atoms with Crippen LogP contribution in [0, 0.1) is 0 Å². The van der Waals surface area contributed by atoms with E-state index in [2.05, 4.69) is 4.98 Å². The summed E-state index contributed by atoms with van der Waals surface area (Å²) in [6, 6.07) is 0. The molecule has 0 amide bonds. The summed E-state index contributed by atoms with van der Waals surface area (Å²) in [6.07, 6.45) is 1.62. The highest BCUT2D eigenvalue weighted by atomic mass is 19.3. The van der Waals surface area contributed by atoms with E-state index >= 15 is 0 Å². The lowest BCUT2D eigenvalue weighted by molar-refractivity contribution is 0.00703. The molecule has 2 saturated carbocycles. The highest BCUT2D eigenvalue weighted by Gasteiger charge is 2.43. The Bertz CT molecular complexity index is 494. The topological polar surface area (TPSA) is 63.3 Å². The zero-order valence-corrected chi connectivity index (χ0v) is 9.66. The number of carboxylic acids is 1. The van der Waals surface area contributed by atoms with Gasteiger partial charge in [0.2, 0.25) is 11.7 Å².